The molecular formula is C13H21N5S2. The summed E-state index contributed by atoms with van der Waals surface area (Å²) >= 11 is 3.55. The third-order valence-corrected chi connectivity index (χ3v) is 4.88. The Morgan fingerprint density at radius 3 is 2.90 bits per heavy atom. The van der Waals surface area contributed by atoms with Gasteiger partial charge in [0.05, 0.1) is 5.39 Å². The van der Waals surface area contributed by atoms with E-state index in [9.17, 15) is 0 Å². The Morgan fingerprint density at radius 1 is 1.45 bits per heavy atom. The van der Waals surface area contributed by atoms with Crippen molar-refractivity contribution in [2.45, 2.75) is 32.7 Å². The Bertz CT molecular complexity index is 569. The predicted molar refractivity (Wildman–Crippen MR) is 90.7 cm³/mol. The lowest BCUT2D eigenvalue weighted by Crippen LogP contribution is -2.18. The molecule has 0 aliphatic rings. The zero-order valence-corrected chi connectivity index (χ0v) is 13.7. The van der Waals surface area contributed by atoms with Gasteiger partial charge in [-0.3, -0.25) is 5.43 Å². The van der Waals surface area contributed by atoms with Gasteiger partial charge in [-0.25, -0.2) is 10.8 Å². The molecule has 0 spiro atoms. The second kappa shape index (κ2) is 7.10. The summed E-state index contributed by atoms with van der Waals surface area (Å²) in [7, 11) is 0. The van der Waals surface area contributed by atoms with Crippen molar-refractivity contribution in [1.82, 2.24) is 9.97 Å². The summed E-state index contributed by atoms with van der Waals surface area (Å²) in [6, 6.07) is 2.54. The highest BCUT2D eigenvalue weighted by atomic mass is 32.2. The summed E-state index contributed by atoms with van der Waals surface area (Å²) in [6.45, 7) is 4.32. The van der Waals surface area contributed by atoms with Crippen molar-refractivity contribution in [1.29, 1.82) is 0 Å². The molecule has 2 rings (SSSR count). The third-order valence-electron chi connectivity index (χ3n) is 3.06. The first kappa shape index (κ1) is 15.3. The van der Waals surface area contributed by atoms with Crippen molar-refractivity contribution < 1.29 is 0 Å². The molecule has 0 fully saturated rings. The van der Waals surface area contributed by atoms with Crippen molar-refractivity contribution >= 4 is 45.1 Å². The minimum Gasteiger partial charge on any atom is -0.367 e. The highest BCUT2D eigenvalue weighted by molar-refractivity contribution is 7.98. The summed E-state index contributed by atoms with van der Waals surface area (Å²) in [6.07, 6.45) is 4.23. The van der Waals surface area contributed by atoms with Gasteiger partial charge in [0.2, 0.25) is 5.95 Å². The molecule has 2 aromatic rings. The molecule has 20 heavy (non-hydrogen) atoms. The van der Waals surface area contributed by atoms with Crippen LogP contribution >= 0.6 is 23.1 Å². The number of hydrogen-bond donors (Lipinski definition) is 3. The van der Waals surface area contributed by atoms with Crippen molar-refractivity contribution in [3.8, 4) is 0 Å². The van der Waals surface area contributed by atoms with E-state index in [4.69, 9.17) is 5.84 Å². The van der Waals surface area contributed by atoms with Gasteiger partial charge in [0, 0.05) is 10.9 Å². The van der Waals surface area contributed by atoms with Crippen LogP contribution in [0.3, 0.4) is 0 Å². The number of fused-ring (bicyclic) bond motifs is 1. The average molecular weight is 311 g/mol. The quantitative estimate of drug-likeness (QED) is 0.539. The van der Waals surface area contributed by atoms with E-state index in [0.717, 1.165) is 34.6 Å². The molecule has 0 aliphatic heterocycles. The second-order valence-electron chi connectivity index (χ2n) is 4.65. The van der Waals surface area contributed by atoms with Crippen molar-refractivity contribution in [3.05, 3.63) is 10.9 Å². The van der Waals surface area contributed by atoms with Gasteiger partial charge in [-0.2, -0.15) is 16.7 Å². The number of nitrogens with two attached hydrogens (primary N) is 1. The molecule has 0 aromatic carbocycles. The molecule has 0 aliphatic carbocycles. The van der Waals surface area contributed by atoms with E-state index in [-0.39, 0.29) is 0 Å². The van der Waals surface area contributed by atoms with E-state index in [0.29, 0.717) is 12.0 Å². The molecule has 2 aromatic heterocycles. The van der Waals surface area contributed by atoms with Gasteiger partial charge in [0.1, 0.15) is 10.6 Å². The van der Waals surface area contributed by atoms with Crippen molar-refractivity contribution in [3.63, 3.8) is 0 Å². The number of anilines is 2. The van der Waals surface area contributed by atoms with E-state index in [1.807, 2.05) is 11.8 Å². The largest absolute Gasteiger partial charge is 0.367 e. The van der Waals surface area contributed by atoms with Crippen LogP contribution < -0.4 is 16.6 Å². The van der Waals surface area contributed by atoms with Gasteiger partial charge in [0.15, 0.2) is 0 Å². The standard InChI is InChI=1S/C13H21N5S2/c1-4-9-7-10-11(15-8(2)5-6-19-3)16-13(18-14)17-12(10)20-9/h7-8H,4-6,14H2,1-3H3,(H2,15,16,17,18). The fourth-order valence-electron chi connectivity index (χ4n) is 1.92. The molecular weight excluding hydrogens is 290 g/mol. The summed E-state index contributed by atoms with van der Waals surface area (Å²) < 4.78 is 0. The first-order chi connectivity index (χ1) is 9.67. The van der Waals surface area contributed by atoms with Gasteiger partial charge in [0.25, 0.3) is 0 Å². The molecule has 1 unspecified atom stereocenters. The van der Waals surface area contributed by atoms with Crippen molar-refractivity contribution in [2.75, 3.05) is 22.8 Å². The SMILES string of the molecule is CCc1cc2c(NC(C)CCSC)nc(NN)nc2s1. The minimum atomic E-state index is 0.371. The van der Waals surface area contributed by atoms with E-state index < -0.39 is 0 Å². The fourth-order valence-corrected chi connectivity index (χ4v) is 3.48. The zero-order chi connectivity index (χ0) is 14.5. The number of nitrogen functional groups attached to an aromatic ring is 1. The van der Waals surface area contributed by atoms with Gasteiger partial charge in [-0.1, -0.05) is 6.92 Å². The number of hydrogen-bond acceptors (Lipinski definition) is 7. The molecule has 0 bridgehead atoms. The minimum absolute atomic E-state index is 0.371. The number of nitrogens with zero attached hydrogens (tertiary/aromatic N) is 2. The maximum atomic E-state index is 5.46. The van der Waals surface area contributed by atoms with Crippen LogP contribution in [0.5, 0.6) is 0 Å². The second-order valence-corrected chi connectivity index (χ2v) is 6.75. The predicted octanol–water partition coefficient (Wildman–Crippen LogP) is 3.09. The summed E-state index contributed by atoms with van der Waals surface area (Å²) in [4.78, 5) is 11.2. The van der Waals surface area contributed by atoms with Gasteiger partial charge >= 0.3 is 0 Å². The molecule has 0 saturated heterocycles. The third kappa shape index (κ3) is 3.53. The zero-order valence-electron chi connectivity index (χ0n) is 12.1. The number of thiophene rings is 1. The molecule has 0 radical (unpaired) electrons. The van der Waals surface area contributed by atoms with Crippen molar-refractivity contribution in [2.24, 2.45) is 5.84 Å². The monoisotopic (exact) mass is 311 g/mol. The normalized spacial score (nSPS) is 12.6. The molecule has 0 saturated carbocycles. The van der Waals surface area contributed by atoms with Gasteiger partial charge in [-0.15, -0.1) is 11.3 Å². The smallest absolute Gasteiger partial charge is 0.240 e. The number of aromatic nitrogens is 2. The highest BCUT2D eigenvalue weighted by Crippen LogP contribution is 2.30. The van der Waals surface area contributed by atoms with Crippen LogP contribution in [0.2, 0.25) is 0 Å². The van der Waals surface area contributed by atoms with Crippen LogP contribution in [0, 0.1) is 0 Å². The van der Waals surface area contributed by atoms with Gasteiger partial charge < -0.3 is 5.32 Å². The van der Waals surface area contributed by atoms with Crippen LogP contribution in [-0.4, -0.2) is 28.0 Å². The average Bonchev–Trinajstić information content (AvgIpc) is 2.88. The summed E-state index contributed by atoms with van der Waals surface area (Å²) in [5.74, 6) is 7.92. The lowest BCUT2D eigenvalue weighted by atomic mass is 10.2. The number of thioether (sulfide) groups is 1. The number of nitrogens with one attached hydrogen (secondary N) is 2. The van der Waals surface area contributed by atoms with E-state index >= 15 is 0 Å². The Kier molecular flexibility index (Phi) is 5.45. The van der Waals surface area contributed by atoms with Crippen LogP contribution in [0.1, 0.15) is 25.1 Å². The lowest BCUT2D eigenvalue weighted by molar-refractivity contribution is 0.768. The Hall–Kier alpha value is -1.05. The van der Waals surface area contributed by atoms with E-state index in [1.165, 1.54) is 4.88 Å². The number of rotatable bonds is 7. The molecule has 2 heterocycles. The first-order valence-corrected chi connectivity index (χ1v) is 8.91. The Morgan fingerprint density at radius 2 is 2.25 bits per heavy atom. The maximum absolute atomic E-state index is 5.46. The van der Waals surface area contributed by atoms with Crippen LogP contribution in [0.4, 0.5) is 11.8 Å². The Labute approximate surface area is 127 Å². The number of hydrazine groups is 1. The van der Waals surface area contributed by atoms with Crippen LogP contribution in [-0.2, 0) is 6.42 Å². The molecule has 0 amide bonds. The summed E-state index contributed by atoms with van der Waals surface area (Å²) in [5, 5.41) is 4.56. The highest BCUT2D eigenvalue weighted by Gasteiger charge is 2.12. The topological polar surface area (TPSA) is 75.9 Å². The van der Waals surface area contributed by atoms with E-state index in [1.54, 1.807) is 11.3 Å². The summed E-state index contributed by atoms with van der Waals surface area (Å²) in [5.41, 5.74) is 2.54. The number of aryl methyl sites for hydroxylation is 1. The Balaban J connectivity index is 2.31. The van der Waals surface area contributed by atoms with Gasteiger partial charge in [-0.05, 0) is 37.8 Å². The first-order valence-electron chi connectivity index (χ1n) is 6.70. The molecule has 5 nitrogen and oxygen atoms in total. The van der Waals surface area contributed by atoms with Crippen LogP contribution in [0.25, 0.3) is 10.2 Å². The molecule has 7 heteroatoms. The van der Waals surface area contributed by atoms with Crippen LogP contribution in [0.15, 0.2) is 6.07 Å². The molecule has 4 N–H and O–H groups in total. The van der Waals surface area contributed by atoms with E-state index in [2.05, 4.69) is 46.9 Å². The molecule has 110 valence electrons. The fraction of sp³-hybridized carbons (Fsp3) is 0.538. The molecule has 1 atom stereocenters. The lowest BCUT2D eigenvalue weighted by Gasteiger charge is -2.15. The maximum Gasteiger partial charge on any atom is 0.240 e.